The minimum absolute atomic E-state index is 0.111. The van der Waals surface area contributed by atoms with Gasteiger partial charge in [0, 0.05) is 17.2 Å². The van der Waals surface area contributed by atoms with Crippen molar-refractivity contribution in [3.8, 4) is 0 Å². The van der Waals surface area contributed by atoms with Gasteiger partial charge in [0.05, 0.1) is 10.9 Å². The second kappa shape index (κ2) is 8.61. The van der Waals surface area contributed by atoms with Crippen LogP contribution in [0.2, 0.25) is 0 Å². The van der Waals surface area contributed by atoms with Gasteiger partial charge in [0.15, 0.2) is 0 Å². The van der Waals surface area contributed by atoms with Gasteiger partial charge in [-0.15, -0.1) is 11.6 Å². The second-order valence-corrected chi connectivity index (χ2v) is 8.45. The van der Waals surface area contributed by atoms with E-state index in [4.69, 9.17) is 11.6 Å². The molecular weight excluding hydrogens is 372 g/mol. The van der Waals surface area contributed by atoms with E-state index in [0.29, 0.717) is 17.5 Å². The van der Waals surface area contributed by atoms with Crippen molar-refractivity contribution in [1.29, 1.82) is 0 Å². The molecule has 28 heavy (non-hydrogen) atoms. The summed E-state index contributed by atoms with van der Waals surface area (Å²) < 4.78 is 0. The van der Waals surface area contributed by atoms with Gasteiger partial charge < -0.3 is 10.6 Å². The Morgan fingerprint density at radius 3 is 1.86 bits per heavy atom. The highest BCUT2D eigenvalue weighted by Gasteiger charge is 2.33. The van der Waals surface area contributed by atoms with E-state index in [-0.39, 0.29) is 23.9 Å². The highest BCUT2D eigenvalue weighted by molar-refractivity contribution is 6.25. The molecule has 2 atom stereocenters. The average Bonchev–Trinajstić information content (AvgIpc) is 2.69. The Hall–Kier alpha value is -2.59. The fourth-order valence-electron chi connectivity index (χ4n) is 3.47. The summed E-state index contributed by atoms with van der Waals surface area (Å²) in [7, 11) is 0. The van der Waals surface area contributed by atoms with Gasteiger partial charge in [0.2, 0.25) is 0 Å². The molecular formula is C23H25ClN2O2. The molecule has 0 spiro atoms. The molecule has 0 unspecified atom stereocenters. The first-order valence-electron chi connectivity index (χ1n) is 9.47. The van der Waals surface area contributed by atoms with E-state index in [1.54, 1.807) is 24.3 Å². The summed E-state index contributed by atoms with van der Waals surface area (Å²) in [6, 6.07) is 18.0. The highest BCUT2D eigenvalue weighted by Crippen LogP contribution is 2.32. The minimum atomic E-state index is -0.634. The van der Waals surface area contributed by atoms with Gasteiger partial charge in [-0.2, -0.15) is 0 Å². The zero-order valence-corrected chi connectivity index (χ0v) is 16.9. The van der Waals surface area contributed by atoms with Gasteiger partial charge in [0.25, 0.3) is 11.8 Å². The van der Waals surface area contributed by atoms with Crippen LogP contribution in [0, 0.1) is 0 Å². The van der Waals surface area contributed by atoms with Gasteiger partial charge >= 0.3 is 0 Å². The first-order valence-corrected chi connectivity index (χ1v) is 9.85. The zero-order valence-electron chi connectivity index (χ0n) is 16.1. The van der Waals surface area contributed by atoms with Gasteiger partial charge in [-0.1, -0.05) is 42.5 Å². The monoisotopic (exact) mass is 396 g/mol. The largest absolute Gasteiger partial charge is 0.346 e. The first-order chi connectivity index (χ1) is 13.3. The Morgan fingerprint density at radius 1 is 0.857 bits per heavy atom. The van der Waals surface area contributed by atoms with Gasteiger partial charge in [-0.05, 0) is 56.5 Å². The SMILES string of the molecule is CC(C)(Cl)C1=C[C@@H](NC(=O)c2ccccc2)CC[C@H]1NC(=O)c1ccccc1. The van der Waals surface area contributed by atoms with Crippen LogP contribution in [0.25, 0.3) is 0 Å². The fourth-order valence-corrected chi connectivity index (χ4v) is 3.66. The molecule has 0 aliphatic heterocycles. The molecule has 5 heteroatoms. The van der Waals surface area contributed by atoms with Crippen LogP contribution in [0.15, 0.2) is 72.3 Å². The molecule has 4 nitrogen and oxygen atoms in total. The Morgan fingerprint density at radius 2 is 1.36 bits per heavy atom. The third-order valence-electron chi connectivity index (χ3n) is 4.90. The predicted octanol–water partition coefficient (Wildman–Crippen LogP) is 4.32. The number of alkyl halides is 1. The molecule has 0 aromatic heterocycles. The van der Waals surface area contributed by atoms with Crippen molar-refractivity contribution in [2.45, 2.75) is 43.6 Å². The van der Waals surface area contributed by atoms with Crippen LogP contribution in [0.5, 0.6) is 0 Å². The average molecular weight is 397 g/mol. The van der Waals surface area contributed by atoms with E-state index in [2.05, 4.69) is 10.6 Å². The topological polar surface area (TPSA) is 58.2 Å². The summed E-state index contributed by atoms with van der Waals surface area (Å²) in [5.41, 5.74) is 2.17. The van der Waals surface area contributed by atoms with Crippen LogP contribution in [0.1, 0.15) is 47.4 Å². The molecule has 0 bridgehead atoms. The van der Waals surface area contributed by atoms with Gasteiger partial charge in [-0.3, -0.25) is 9.59 Å². The van der Waals surface area contributed by atoms with Crippen molar-refractivity contribution in [1.82, 2.24) is 10.6 Å². The maximum atomic E-state index is 12.6. The lowest BCUT2D eigenvalue weighted by Gasteiger charge is -2.35. The van der Waals surface area contributed by atoms with E-state index < -0.39 is 4.87 Å². The number of benzene rings is 2. The lowest BCUT2D eigenvalue weighted by atomic mass is 9.84. The molecule has 0 radical (unpaired) electrons. The normalized spacial score (nSPS) is 19.5. The molecule has 0 saturated heterocycles. The molecule has 1 aliphatic rings. The summed E-state index contributed by atoms with van der Waals surface area (Å²) in [4.78, 5) is 24.4. The summed E-state index contributed by atoms with van der Waals surface area (Å²) in [5, 5.41) is 6.15. The molecule has 1 aliphatic carbocycles. The Labute approximate surface area is 171 Å². The Kier molecular flexibility index (Phi) is 6.20. The van der Waals surface area contributed by atoms with Crippen LogP contribution >= 0.6 is 11.6 Å². The molecule has 0 fully saturated rings. The van der Waals surface area contributed by atoms with Crippen LogP contribution in [0.4, 0.5) is 0 Å². The molecule has 2 amide bonds. The van der Waals surface area contributed by atoms with Crippen LogP contribution in [-0.4, -0.2) is 28.8 Å². The molecule has 0 saturated carbocycles. The van der Waals surface area contributed by atoms with Crippen LogP contribution in [-0.2, 0) is 0 Å². The zero-order chi connectivity index (χ0) is 20.1. The van der Waals surface area contributed by atoms with Crippen LogP contribution in [0.3, 0.4) is 0 Å². The lowest BCUT2D eigenvalue weighted by Crippen LogP contribution is -2.46. The van der Waals surface area contributed by atoms with Crippen molar-refractivity contribution in [3.63, 3.8) is 0 Å². The maximum Gasteiger partial charge on any atom is 0.251 e. The van der Waals surface area contributed by atoms with Crippen molar-refractivity contribution < 1.29 is 9.59 Å². The van der Waals surface area contributed by atoms with Crippen molar-refractivity contribution in [2.24, 2.45) is 0 Å². The van der Waals surface area contributed by atoms with E-state index in [1.807, 2.05) is 56.3 Å². The van der Waals surface area contributed by atoms with Gasteiger partial charge in [-0.25, -0.2) is 0 Å². The molecule has 2 aromatic rings. The molecule has 146 valence electrons. The summed E-state index contributed by atoms with van der Waals surface area (Å²) in [6.07, 6.45) is 3.43. The van der Waals surface area contributed by atoms with E-state index >= 15 is 0 Å². The lowest BCUT2D eigenvalue weighted by molar-refractivity contribution is 0.0919. The number of halogens is 1. The highest BCUT2D eigenvalue weighted by atomic mass is 35.5. The molecule has 2 aromatic carbocycles. The van der Waals surface area contributed by atoms with E-state index in [0.717, 1.165) is 12.0 Å². The number of hydrogen-bond acceptors (Lipinski definition) is 2. The number of nitrogens with one attached hydrogen (secondary N) is 2. The standard InChI is InChI=1S/C23H25ClN2O2/c1-23(2,24)19-15-18(25-21(27)16-9-5-3-6-10-16)13-14-20(19)26-22(28)17-11-7-4-8-12-17/h3-12,15,18,20H,13-14H2,1-2H3,(H,25,27)(H,26,28)/t18-,20+/m0/s1. The maximum absolute atomic E-state index is 12.6. The quantitative estimate of drug-likeness (QED) is 0.584. The predicted molar refractivity (Wildman–Crippen MR) is 113 cm³/mol. The Balaban J connectivity index is 1.74. The molecule has 3 rings (SSSR count). The fraction of sp³-hybridized carbons (Fsp3) is 0.304. The van der Waals surface area contributed by atoms with Gasteiger partial charge in [0.1, 0.15) is 0 Å². The second-order valence-electron chi connectivity index (χ2n) is 7.51. The van der Waals surface area contributed by atoms with Crippen molar-refractivity contribution in [2.75, 3.05) is 0 Å². The third-order valence-corrected chi connectivity index (χ3v) is 5.12. The smallest absolute Gasteiger partial charge is 0.251 e. The number of hydrogen-bond donors (Lipinski definition) is 2. The van der Waals surface area contributed by atoms with E-state index in [9.17, 15) is 9.59 Å². The minimum Gasteiger partial charge on any atom is -0.346 e. The van der Waals surface area contributed by atoms with Crippen molar-refractivity contribution in [3.05, 3.63) is 83.4 Å². The first kappa shape index (κ1) is 20.2. The number of rotatable bonds is 5. The molecule has 2 N–H and O–H groups in total. The summed E-state index contributed by atoms with van der Waals surface area (Å²) in [6.45, 7) is 3.81. The molecule has 0 heterocycles. The van der Waals surface area contributed by atoms with E-state index in [1.165, 1.54) is 0 Å². The van der Waals surface area contributed by atoms with Crippen LogP contribution < -0.4 is 10.6 Å². The third kappa shape index (κ3) is 5.02. The number of carbonyl (C=O) groups excluding carboxylic acids is 2. The number of amides is 2. The summed E-state index contributed by atoms with van der Waals surface area (Å²) in [5.74, 6) is -0.232. The summed E-state index contributed by atoms with van der Waals surface area (Å²) >= 11 is 6.62. The number of carbonyl (C=O) groups is 2. The van der Waals surface area contributed by atoms with Crippen molar-refractivity contribution >= 4 is 23.4 Å². The Bertz CT molecular complexity index is 857.